The summed E-state index contributed by atoms with van der Waals surface area (Å²) >= 11 is 0. The Labute approximate surface area is 131 Å². The minimum Gasteiger partial charge on any atom is -0.423 e. The Morgan fingerprint density at radius 2 is 1.91 bits per heavy atom. The van der Waals surface area contributed by atoms with Gasteiger partial charge in [-0.2, -0.15) is 0 Å². The third-order valence-corrected chi connectivity index (χ3v) is 3.56. The van der Waals surface area contributed by atoms with Gasteiger partial charge in [0, 0.05) is 0 Å². The lowest BCUT2D eigenvalue weighted by atomic mass is 9.72. The summed E-state index contributed by atoms with van der Waals surface area (Å²) in [5.41, 5.74) is 4.35. The molecule has 0 aromatic heterocycles. The SMILES string of the molecule is C=C/C(=C\C=C(C)C)C1=C(c2ccc(F)cc2)B(O)OC1C. The average Bonchev–Trinajstić information content (AvgIpc) is 2.75. The number of hydrogen-bond acceptors (Lipinski definition) is 2. The molecule has 1 heterocycles. The van der Waals surface area contributed by atoms with E-state index in [0.717, 1.165) is 22.3 Å². The van der Waals surface area contributed by atoms with Crippen molar-refractivity contribution in [2.45, 2.75) is 26.9 Å². The van der Waals surface area contributed by atoms with Crippen molar-refractivity contribution in [1.29, 1.82) is 0 Å². The second-order valence-corrected chi connectivity index (χ2v) is 5.54. The number of benzene rings is 1. The van der Waals surface area contributed by atoms with Crippen molar-refractivity contribution in [2.75, 3.05) is 0 Å². The van der Waals surface area contributed by atoms with Gasteiger partial charge in [-0.05, 0) is 55.1 Å². The van der Waals surface area contributed by atoms with Crippen LogP contribution in [0.25, 0.3) is 5.47 Å². The second kappa shape index (κ2) is 6.90. The number of allylic oxidation sites excluding steroid dienone is 4. The number of halogens is 1. The number of rotatable bonds is 4. The fraction of sp³-hybridized carbons (Fsp3) is 0.222. The normalized spacial score (nSPS) is 18.7. The zero-order valence-electron chi connectivity index (χ0n) is 13.1. The Morgan fingerprint density at radius 1 is 1.27 bits per heavy atom. The highest BCUT2D eigenvalue weighted by Gasteiger charge is 2.36. The highest BCUT2D eigenvalue weighted by molar-refractivity contribution is 6.68. The van der Waals surface area contributed by atoms with Crippen LogP contribution < -0.4 is 0 Å². The van der Waals surface area contributed by atoms with Gasteiger partial charge >= 0.3 is 7.12 Å². The molecule has 1 atom stereocenters. The molecule has 1 aromatic rings. The van der Waals surface area contributed by atoms with Gasteiger partial charge in [-0.25, -0.2) is 4.39 Å². The van der Waals surface area contributed by atoms with Crippen LogP contribution in [0.1, 0.15) is 26.3 Å². The lowest BCUT2D eigenvalue weighted by Gasteiger charge is -2.12. The fourth-order valence-corrected chi connectivity index (χ4v) is 2.52. The van der Waals surface area contributed by atoms with Crippen molar-refractivity contribution >= 4 is 12.6 Å². The molecule has 1 aromatic carbocycles. The molecular formula is C18H20BFO2. The maximum absolute atomic E-state index is 13.1. The molecule has 0 saturated carbocycles. The molecule has 0 fully saturated rings. The second-order valence-electron chi connectivity index (χ2n) is 5.54. The molecule has 4 heteroatoms. The van der Waals surface area contributed by atoms with Crippen LogP contribution in [0.15, 0.2) is 65.8 Å². The van der Waals surface area contributed by atoms with E-state index < -0.39 is 7.12 Å². The predicted molar refractivity (Wildman–Crippen MR) is 89.6 cm³/mol. The first-order valence-electron chi connectivity index (χ1n) is 7.25. The van der Waals surface area contributed by atoms with Crippen LogP contribution in [-0.2, 0) is 4.65 Å². The first kappa shape index (κ1) is 16.5. The lowest BCUT2D eigenvalue weighted by Crippen LogP contribution is -2.17. The monoisotopic (exact) mass is 298 g/mol. The van der Waals surface area contributed by atoms with Gasteiger partial charge in [0.1, 0.15) is 5.82 Å². The molecule has 0 aliphatic carbocycles. The summed E-state index contributed by atoms with van der Waals surface area (Å²) < 4.78 is 18.7. The van der Waals surface area contributed by atoms with Crippen molar-refractivity contribution in [2.24, 2.45) is 0 Å². The van der Waals surface area contributed by atoms with Gasteiger partial charge in [0.05, 0.1) is 6.10 Å². The molecule has 22 heavy (non-hydrogen) atoms. The largest absolute Gasteiger partial charge is 0.492 e. The van der Waals surface area contributed by atoms with Gasteiger partial charge < -0.3 is 9.68 Å². The van der Waals surface area contributed by atoms with Crippen molar-refractivity contribution in [3.63, 3.8) is 0 Å². The molecule has 0 radical (unpaired) electrons. The van der Waals surface area contributed by atoms with Gasteiger partial charge in [-0.1, -0.05) is 42.5 Å². The van der Waals surface area contributed by atoms with Gasteiger partial charge in [0.25, 0.3) is 0 Å². The van der Waals surface area contributed by atoms with Crippen LogP contribution >= 0.6 is 0 Å². The minimum atomic E-state index is -1.02. The van der Waals surface area contributed by atoms with E-state index in [1.54, 1.807) is 18.2 Å². The number of hydrogen-bond donors (Lipinski definition) is 1. The standard InChI is InChI=1S/C18H20BFO2/c1-5-14(7-6-12(2)3)17-13(4)22-19(21)18(17)15-8-10-16(20)11-9-15/h5-11,13,21H,1H2,2-4H3/b14-7+. The first-order valence-corrected chi connectivity index (χ1v) is 7.25. The van der Waals surface area contributed by atoms with Gasteiger partial charge in [-0.3, -0.25) is 0 Å². The van der Waals surface area contributed by atoms with E-state index in [2.05, 4.69) is 6.58 Å². The molecule has 1 aliphatic rings. The Kier molecular flexibility index (Phi) is 5.17. The van der Waals surface area contributed by atoms with Gasteiger partial charge in [0.2, 0.25) is 0 Å². The smallest absolute Gasteiger partial charge is 0.423 e. The molecule has 1 unspecified atom stereocenters. The molecule has 0 spiro atoms. The van der Waals surface area contributed by atoms with Crippen LogP contribution in [-0.4, -0.2) is 18.2 Å². The van der Waals surface area contributed by atoms with Crippen LogP contribution in [0, 0.1) is 5.82 Å². The fourth-order valence-electron chi connectivity index (χ4n) is 2.52. The summed E-state index contributed by atoms with van der Waals surface area (Å²) in [4.78, 5) is 0. The van der Waals surface area contributed by atoms with Crippen molar-refractivity contribution in [3.8, 4) is 0 Å². The molecule has 2 rings (SSSR count). The predicted octanol–water partition coefficient (Wildman–Crippen LogP) is 4.10. The summed E-state index contributed by atoms with van der Waals surface area (Å²) in [7, 11) is -1.02. The Balaban J connectivity index is 2.59. The van der Waals surface area contributed by atoms with E-state index in [0.29, 0.717) is 5.47 Å². The summed E-state index contributed by atoms with van der Waals surface area (Å²) in [6, 6.07) is 6.06. The minimum absolute atomic E-state index is 0.259. The third kappa shape index (κ3) is 3.46. The van der Waals surface area contributed by atoms with Gasteiger partial charge in [-0.15, -0.1) is 0 Å². The Hall–Kier alpha value is -1.91. The Morgan fingerprint density at radius 3 is 2.45 bits per heavy atom. The van der Waals surface area contributed by atoms with E-state index in [9.17, 15) is 9.41 Å². The maximum atomic E-state index is 13.1. The molecule has 0 bridgehead atoms. The van der Waals surface area contributed by atoms with E-state index in [1.165, 1.54) is 12.1 Å². The molecule has 0 amide bonds. The Bertz CT molecular complexity index is 652. The van der Waals surface area contributed by atoms with Crippen LogP contribution in [0.5, 0.6) is 0 Å². The lowest BCUT2D eigenvalue weighted by molar-refractivity contribution is 0.236. The first-order chi connectivity index (χ1) is 10.4. The topological polar surface area (TPSA) is 29.5 Å². The molecule has 0 saturated heterocycles. The molecule has 114 valence electrons. The zero-order valence-corrected chi connectivity index (χ0v) is 13.1. The van der Waals surface area contributed by atoms with Crippen molar-refractivity contribution in [1.82, 2.24) is 0 Å². The highest BCUT2D eigenvalue weighted by Crippen LogP contribution is 2.36. The van der Waals surface area contributed by atoms with E-state index in [1.807, 2.05) is 32.9 Å². The highest BCUT2D eigenvalue weighted by atomic mass is 19.1. The summed E-state index contributed by atoms with van der Waals surface area (Å²) in [6.07, 6.45) is 5.43. The van der Waals surface area contributed by atoms with Crippen LogP contribution in [0.2, 0.25) is 0 Å². The van der Waals surface area contributed by atoms with E-state index in [4.69, 9.17) is 4.65 Å². The molecule has 1 aliphatic heterocycles. The molecular weight excluding hydrogens is 278 g/mol. The summed E-state index contributed by atoms with van der Waals surface area (Å²) in [5.74, 6) is -0.309. The van der Waals surface area contributed by atoms with Crippen LogP contribution in [0.3, 0.4) is 0 Å². The van der Waals surface area contributed by atoms with E-state index in [-0.39, 0.29) is 11.9 Å². The van der Waals surface area contributed by atoms with Crippen molar-refractivity contribution in [3.05, 3.63) is 77.2 Å². The zero-order chi connectivity index (χ0) is 16.3. The van der Waals surface area contributed by atoms with Crippen molar-refractivity contribution < 1.29 is 14.1 Å². The molecule has 1 N–H and O–H groups in total. The summed E-state index contributed by atoms with van der Waals surface area (Å²) in [6.45, 7) is 9.76. The third-order valence-electron chi connectivity index (χ3n) is 3.56. The van der Waals surface area contributed by atoms with Gasteiger partial charge in [0.15, 0.2) is 0 Å². The van der Waals surface area contributed by atoms with E-state index >= 15 is 0 Å². The summed E-state index contributed by atoms with van der Waals surface area (Å²) in [5, 5.41) is 10.2. The average molecular weight is 298 g/mol. The quantitative estimate of drug-likeness (QED) is 0.670. The van der Waals surface area contributed by atoms with Crippen LogP contribution in [0.4, 0.5) is 4.39 Å². The molecule has 2 nitrogen and oxygen atoms in total. The maximum Gasteiger partial charge on any atom is 0.492 e.